The first-order valence-electron chi connectivity index (χ1n) is 5.24. The second kappa shape index (κ2) is 5.10. The highest BCUT2D eigenvalue weighted by Gasteiger charge is 2.05. The van der Waals surface area contributed by atoms with Crippen LogP contribution in [-0.4, -0.2) is 21.3 Å². The van der Waals surface area contributed by atoms with E-state index in [-0.39, 0.29) is 0 Å². The van der Waals surface area contributed by atoms with Crippen molar-refractivity contribution in [3.8, 4) is 0 Å². The lowest BCUT2D eigenvalue weighted by Gasteiger charge is -2.08. The summed E-state index contributed by atoms with van der Waals surface area (Å²) in [5, 5.41) is 11.6. The van der Waals surface area contributed by atoms with E-state index in [9.17, 15) is 0 Å². The highest BCUT2D eigenvalue weighted by Crippen LogP contribution is 2.00. The zero-order valence-electron chi connectivity index (χ0n) is 9.54. The highest BCUT2D eigenvalue weighted by atomic mass is 15.3. The van der Waals surface area contributed by atoms with Crippen molar-refractivity contribution in [2.75, 3.05) is 6.54 Å². The van der Waals surface area contributed by atoms with Crippen LogP contribution in [0.1, 0.15) is 32.4 Å². The normalized spacial score (nSPS) is 11.2. The molecule has 1 aromatic rings. The Morgan fingerprint density at radius 2 is 2.07 bits per heavy atom. The number of aromatic nitrogens is 3. The third-order valence-electron chi connectivity index (χ3n) is 2.16. The molecule has 1 rings (SSSR count). The number of aryl methyl sites for hydroxylation is 1. The van der Waals surface area contributed by atoms with E-state index < -0.39 is 0 Å². The molecule has 0 aromatic carbocycles. The Hall–Kier alpha value is -0.900. The van der Waals surface area contributed by atoms with E-state index >= 15 is 0 Å². The fourth-order valence-corrected chi connectivity index (χ4v) is 1.44. The third-order valence-corrected chi connectivity index (χ3v) is 2.16. The maximum Gasteiger partial charge on any atom is 0.146 e. The summed E-state index contributed by atoms with van der Waals surface area (Å²) < 4.78 is 2.13. The molecule has 80 valence electrons. The smallest absolute Gasteiger partial charge is 0.146 e. The van der Waals surface area contributed by atoms with Crippen molar-refractivity contribution in [1.82, 2.24) is 20.1 Å². The summed E-state index contributed by atoms with van der Waals surface area (Å²) in [6.45, 7) is 11.3. The largest absolute Gasteiger partial charge is 0.314 e. The molecule has 0 aliphatic carbocycles. The van der Waals surface area contributed by atoms with Gasteiger partial charge in [-0.05, 0) is 26.3 Å². The van der Waals surface area contributed by atoms with Gasteiger partial charge in [0, 0.05) is 6.54 Å². The van der Waals surface area contributed by atoms with Gasteiger partial charge in [0.15, 0.2) is 0 Å². The lowest BCUT2D eigenvalue weighted by atomic mass is 10.2. The molecule has 0 amide bonds. The third kappa shape index (κ3) is 2.80. The van der Waals surface area contributed by atoms with Crippen molar-refractivity contribution in [2.24, 2.45) is 5.92 Å². The van der Waals surface area contributed by atoms with Gasteiger partial charge in [0.2, 0.25) is 0 Å². The summed E-state index contributed by atoms with van der Waals surface area (Å²) in [4.78, 5) is 0. The van der Waals surface area contributed by atoms with Crippen LogP contribution in [0.5, 0.6) is 0 Å². The van der Waals surface area contributed by atoms with Gasteiger partial charge in [-0.3, -0.25) is 0 Å². The molecule has 4 heteroatoms. The first-order chi connectivity index (χ1) is 6.65. The first-order valence-corrected chi connectivity index (χ1v) is 5.24. The van der Waals surface area contributed by atoms with Crippen molar-refractivity contribution in [2.45, 2.75) is 40.8 Å². The van der Waals surface area contributed by atoms with E-state index in [0.29, 0.717) is 5.92 Å². The van der Waals surface area contributed by atoms with Gasteiger partial charge < -0.3 is 9.88 Å². The van der Waals surface area contributed by atoms with Gasteiger partial charge in [-0.1, -0.05) is 13.8 Å². The van der Waals surface area contributed by atoms with Gasteiger partial charge in [-0.15, -0.1) is 10.2 Å². The molecule has 0 aliphatic heterocycles. The molecule has 0 radical (unpaired) electrons. The Balaban J connectivity index is 2.50. The summed E-state index contributed by atoms with van der Waals surface area (Å²) in [7, 11) is 0. The van der Waals surface area contributed by atoms with E-state index in [1.165, 1.54) is 0 Å². The van der Waals surface area contributed by atoms with Gasteiger partial charge in [0.05, 0.1) is 6.54 Å². The van der Waals surface area contributed by atoms with E-state index in [1.54, 1.807) is 0 Å². The number of rotatable bonds is 5. The molecular weight excluding hydrogens is 176 g/mol. The van der Waals surface area contributed by atoms with Gasteiger partial charge in [0.1, 0.15) is 11.6 Å². The minimum absolute atomic E-state index is 0.675. The molecule has 0 saturated heterocycles. The van der Waals surface area contributed by atoms with Crippen molar-refractivity contribution < 1.29 is 0 Å². The Kier molecular flexibility index (Phi) is 4.07. The predicted molar refractivity (Wildman–Crippen MR) is 57.0 cm³/mol. The molecule has 0 bridgehead atoms. The number of hydrogen-bond acceptors (Lipinski definition) is 3. The quantitative estimate of drug-likeness (QED) is 0.773. The summed E-state index contributed by atoms with van der Waals surface area (Å²) in [5.41, 5.74) is 0. The maximum absolute atomic E-state index is 4.13. The molecule has 4 nitrogen and oxygen atoms in total. The van der Waals surface area contributed by atoms with Crippen LogP contribution in [0.2, 0.25) is 0 Å². The molecule has 0 aliphatic rings. The fraction of sp³-hybridized carbons (Fsp3) is 0.800. The second-order valence-corrected chi connectivity index (χ2v) is 3.93. The Morgan fingerprint density at radius 1 is 1.36 bits per heavy atom. The van der Waals surface area contributed by atoms with Crippen LogP contribution in [0.25, 0.3) is 0 Å². The van der Waals surface area contributed by atoms with Crippen LogP contribution in [-0.2, 0) is 13.1 Å². The van der Waals surface area contributed by atoms with Crippen LogP contribution >= 0.6 is 0 Å². The van der Waals surface area contributed by atoms with Crippen molar-refractivity contribution >= 4 is 0 Å². The van der Waals surface area contributed by atoms with E-state index in [1.807, 2.05) is 6.92 Å². The predicted octanol–water partition coefficient (Wildman–Crippen LogP) is 1.35. The van der Waals surface area contributed by atoms with Gasteiger partial charge in [0.25, 0.3) is 0 Å². The molecule has 1 aromatic heterocycles. The summed E-state index contributed by atoms with van der Waals surface area (Å²) in [6, 6.07) is 0. The standard InChI is InChI=1S/C10H20N4/c1-5-14-9(4)12-13-10(14)7-11-6-8(2)3/h8,11H,5-7H2,1-4H3. The zero-order chi connectivity index (χ0) is 10.6. The van der Waals surface area contributed by atoms with Crippen LogP contribution < -0.4 is 5.32 Å². The van der Waals surface area contributed by atoms with Crippen LogP contribution in [0.3, 0.4) is 0 Å². The lowest BCUT2D eigenvalue weighted by Crippen LogP contribution is -2.21. The van der Waals surface area contributed by atoms with Gasteiger partial charge >= 0.3 is 0 Å². The molecular formula is C10H20N4. The molecule has 0 fully saturated rings. The Morgan fingerprint density at radius 3 is 2.64 bits per heavy atom. The second-order valence-electron chi connectivity index (χ2n) is 3.93. The minimum Gasteiger partial charge on any atom is -0.314 e. The summed E-state index contributed by atoms with van der Waals surface area (Å²) >= 11 is 0. The number of nitrogens with one attached hydrogen (secondary N) is 1. The monoisotopic (exact) mass is 196 g/mol. The minimum atomic E-state index is 0.675. The molecule has 1 N–H and O–H groups in total. The summed E-state index contributed by atoms with van der Waals surface area (Å²) in [5.74, 6) is 2.70. The van der Waals surface area contributed by atoms with Crippen molar-refractivity contribution in [1.29, 1.82) is 0 Å². The van der Waals surface area contributed by atoms with E-state index in [4.69, 9.17) is 0 Å². The van der Waals surface area contributed by atoms with E-state index in [2.05, 4.69) is 40.9 Å². The number of hydrogen-bond donors (Lipinski definition) is 1. The Labute approximate surface area is 85.7 Å². The molecule has 1 heterocycles. The van der Waals surface area contributed by atoms with Gasteiger partial charge in [-0.25, -0.2) is 0 Å². The van der Waals surface area contributed by atoms with Crippen LogP contribution in [0.15, 0.2) is 0 Å². The van der Waals surface area contributed by atoms with Gasteiger partial charge in [-0.2, -0.15) is 0 Å². The maximum atomic E-state index is 4.13. The molecule has 0 saturated carbocycles. The van der Waals surface area contributed by atoms with Crippen LogP contribution in [0.4, 0.5) is 0 Å². The first kappa shape index (κ1) is 11.2. The molecule has 0 unspecified atom stereocenters. The van der Waals surface area contributed by atoms with E-state index in [0.717, 1.165) is 31.3 Å². The molecule has 0 atom stereocenters. The highest BCUT2D eigenvalue weighted by molar-refractivity contribution is 4.93. The SMILES string of the molecule is CCn1c(C)nnc1CNCC(C)C. The van der Waals surface area contributed by atoms with Crippen molar-refractivity contribution in [3.63, 3.8) is 0 Å². The zero-order valence-corrected chi connectivity index (χ0v) is 9.54. The van der Waals surface area contributed by atoms with Crippen LogP contribution in [0, 0.1) is 12.8 Å². The average Bonchev–Trinajstić information content (AvgIpc) is 2.46. The lowest BCUT2D eigenvalue weighted by molar-refractivity contribution is 0.529. The topological polar surface area (TPSA) is 42.7 Å². The van der Waals surface area contributed by atoms with Crippen molar-refractivity contribution in [3.05, 3.63) is 11.6 Å². The average molecular weight is 196 g/mol. The summed E-state index contributed by atoms with van der Waals surface area (Å²) in [6.07, 6.45) is 0. The molecule has 14 heavy (non-hydrogen) atoms. The Bertz CT molecular complexity index is 278. The molecule has 0 spiro atoms. The number of nitrogens with zero attached hydrogens (tertiary/aromatic N) is 3. The fourth-order valence-electron chi connectivity index (χ4n) is 1.44.